The van der Waals surface area contributed by atoms with Crippen molar-refractivity contribution < 1.29 is 22.5 Å². The molecular formula is C9H19NO5S. The molecule has 16 heavy (non-hydrogen) atoms. The van der Waals surface area contributed by atoms with Gasteiger partial charge in [-0.05, 0) is 34.1 Å². The highest BCUT2D eigenvalue weighted by atomic mass is 32.2. The molecule has 0 bridgehead atoms. The van der Waals surface area contributed by atoms with Gasteiger partial charge in [0.25, 0.3) is 10.1 Å². The molecule has 0 saturated heterocycles. The van der Waals surface area contributed by atoms with Crippen LogP contribution in [0.5, 0.6) is 0 Å². The first-order valence-electron chi connectivity index (χ1n) is 4.95. The van der Waals surface area contributed by atoms with Crippen LogP contribution in [0.1, 0.15) is 34.1 Å². The zero-order valence-electron chi connectivity index (χ0n) is 9.98. The average molecular weight is 253 g/mol. The van der Waals surface area contributed by atoms with Crippen LogP contribution in [0, 0.1) is 0 Å². The Morgan fingerprint density at radius 2 is 1.94 bits per heavy atom. The minimum Gasteiger partial charge on any atom is -0.444 e. The van der Waals surface area contributed by atoms with Gasteiger partial charge in [-0.25, -0.2) is 4.79 Å². The summed E-state index contributed by atoms with van der Waals surface area (Å²) < 4.78 is 34.9. The molecule has 0 aliphatic carbocycles. The van der Waals surface area contributed by atoms with Crippen LogP contribution in [0.2, 0.25) is 0 Å². The van der Waals surface area contributed by atoms with E-state index < -0.39 is 27.1 Å². The fourth-order valence-electron chi connectivity index (χ4n) is 0.841. The second-order valence-electron chi connectivity index (χ2n) is 4.54. The summed E-state index contributed by atoms with van der Waals surface area (Å²) in [5.41, 5.74) is -0.585. The molecule has 1 atom stereocenters. The number of carbonyl (C=O) groups excluding carboxylic acids is 1. The number of alkyl carbamates (subject to hydrolysis) is 1. The molecule has 0 aromatic carbocycles. The Morgan fingerprint density at radius 3 is 2.31 bits per heavy atom. The van der Waals surface area contributed by atoms with Gasteiger partial charge in [-0.15, -0.1) is 0 Å². The first-order valence-corrected chi connectivity index (χ1v) is 6.46. The molecule has 0 saturated carbocycles. The molecule has 0 spiro atoms. The number of carbonyl (C=O) groups is 1. The summed E-state index contributed by atoms with van der Waals surface area (Å²) >= 11 is 0. The predicted molar refractivity (Wildman–Crippen MR) is 59.9 cm³/mol. The fraction of sp³-hybridized carbons (Fsp3) is 0.889. The van der Waals surface area contributed by atoms with E-state index in [1.807, 2.05) is 0 Å². The Labute approximate surface area is 96.1 Å². The highest BCUT2D eigenvalue weighted by Crippen LogP contribution is 2.07. The van der Waals surface area contributed by atoms with Gasteiger partial charge in [0.1, 0.15) is 5.60 Å². The van der Waals surface area contributed by atoms with Crippen molar-refractivity contribution in [3.63, 3.8) is 0 Å². The molecule has 0 aromatic heterocycles. The molecule has 0 aromatic rings. The van der Waals surface area contributed by atoms with Gasteiger partial charge in [0.05, 0.1) is 5.25 Å². The van der Waals surface area contributed by atoms with Gasteiger partial charge in [0, 0.05) is 6.54 Å². The average Bonchev–Trinajstić information content (AvgIpc) is 1.98. The molecule has 0 fully saturated rings. The first kappa shape index (κ1) is 15.2. The molecule has 6 nitrogen and oxygen atoms in total. The quantitative estimate of drug-likeness (QED) is 0.734. The van der Waals surface area contributed by atoms with E-state index in [4.69, 9.17) is 9.29 Å². The molecule has 0 aliphatic rings. The molecule has 0 rings (SSSR count). The lowest BCUT2D eigenvalue weighted by Gasteiger charge is -2.19. The SMILES string of the molecule is CC(CCNC(=O)OC(C)(C)C)S(=O)(=O)O. The number of nitrogens with one attached hydrogen (secondary N) is 1. The molecule has 1 amide bonds. The highest BCUT2D eigenvalue weighted by Gasteiger charge is 2.19. The van der Waals surface area contributed by atoms with Crippen LogP contribution >= 0.6 is 0 Å². The molecule has 0 radical (unpaired) electrons. The molecule has 1 unspecified atom stereocenters. The number of hydrogen-bond acceptors (Lipinski definition) is 4. The van der Waals surface area contributed by atoms with Crippen molar-refractivity contribution >= 4 is 16.2 Å². The summed E-state index contributed by atoms with van der Waals surface area (Å²) in [7, 11) is -4.03. The second kappa shape index (κ2) is 5.49. The van der Waals surface area contributed by atoms with E-state index in [2.05, 4.69) is 5.32 Å². The Balaban J connectivity index is 3.88. The Bertz CT molecular complexity index is 330. The van der Waals surface area contributed by atoms with E-state index in [1.54, 1.807) is 20.8 Å². The maximum atomic E-state index is 11.1. The van der Waals surface area contributed by atoms with Crippen LogP contribution in [-0.4, -0.2) is 36.5 Å². The van der Waals surface area contributed by atoms with Gasteiger partial charge in [0.15, 0.2) is 0 Å². The maximum Gasteiger partial charge on any atom is 0.407 e. The standard InChI is InChI=1S/C9H19NO5S/c1-7(16(12,13)14)5-6-10-8(11)15-9(2,3)4/h7H,5-6H2,1-4H3,(H,10,11)(H,12,13,14). The van der Waals surface area contributed by atoms with E-state index in [9.17, 15) is 13.2 Å². The van der Waals surface area contributed by atoms with E-state index in [-0.39, 0.29) is 13.0 Å². The van der Waals surface area contributed by atoms with Gasteiger partial charge in [-0.2, -0.15) is 8.42 Å². The Hall–Kier alpha value is -0.820. The van der Waals surface area contributed by atoms with Gasteiger partial charge in [-0.1, -0.05) is 0 Å². The zero-order valence-corrected chi connectivity index (χ0v) is 10.8. The molecular weight excluding hydrogens is 234 g/mol. The Morgan fingerprint density at radius 1 is 1.44 bits per heavy atom. The third-order valence-electron chi connectivity index (χ3n) is 1.73. The largest absolute Gasteiger partial charge is 0.444 e. The topological polar surface area (TPSA) is 92.7 Å². The summed E-state index contributed by atoms with van der Waals surface area (Å²) in [4.78, 5) is 11.1. The number of rotatable bonds is 4. The molecule has 7 heteroatoms. The van der Waals surface area contributed by atoms with Crippen LogP contribution in [0.25, 0.3) is 0 Å². The van der Waals surface area contributed by atoms with Crippen molar-refractivity contribution in [1.29, 1.82) is 0 Å². The lowest BCUT2D eigenvalue weighted by Crippen LogP contribution is -2.34. The van der Waals surface area contributed by atoms with Crippen LogP contribution < -0.4 is 5.32 Å². The van der Waals surface area contributed by atoms with E-state index in [0.29, 0.717) is 0 Å². The van der Waals surface area contributed by atoms with Crippen LogP contribution in [0.15, 0.2) is 0 Å². The lowest BCUT2D eigenvalue weighted by molar-refractivity contribution is 0.0527. The van der Waals surface area contributed by atoms with Gasteiger partial charge < -0.3 is 10.1 Å². The van der Waals surface area contributed by atoms with Gasteiger partial charge >= 0.3 is 6.09 Å². The van der Waals surface area contributed by atoms with Crippen molar-refractivity contribution in [2.75, 3.05) is 6.54 Å². The third kappa shape index (κ3) is 7.47. The van der Waals surface area contributed by atoms with Crippen LogP contribution in [0.3, 0.4) is 0 Å². The summed E-state index contributed by atoms with van der Waals surface area (Å²) in [6, 6.07) is 0. The summed E-state index contributed by atoms with van der Waals surface area (Å²) in [6.45, 7) is 6.69. The fourth-order valence-corrected chi connectivity index (χ4v) is 1.26. The minimum absolute atomic E-state index is 0.135. The molecule has 0 aliphatic heterocycles. The van der Waals surface area contributed by atoms with Crippen molar-refractivity contribution in [1.82, 2.24) is 5.32 Å². The smallest absolute Gasteiger partial charge is 0.407 e. The normalized spacial score (nSPS) is 14.3. The van der Waals surface area contributed by atoms with Crippen LogP contribution in [0.4, 0.5) is 4.79 Å². The lowest BCUT2D eigenvalue weighted by atomic mass is 10.2. The monoisotopic (exact) mass is 253 g/mol. The number of hydrogen-bond donors (Lipinski definition) is 2. The molecule has 2 N–H and O–H groups in total. The van der Waals surface area contributed by atoms with E-state index in [1.165, 1.54) is 6.92 Å². The van der Waals surface area contributed by atoms with Crippen molar-refractivity contribution in [3.05, 3.63) is 0 Å². The van der Waals surface area contributed by atoms with Crippen molar-refractivity contribution in [3.8, 4) is 0 Å². The second-order valence-corrected chi connectivity index (χ2v) is 6.38. The first-order chi connectivity index (χ1) is 7.02. The number of amides is 1. The summed E-state index contributed by atoms with van der Waals surface area (Å²) in [6.07, 6.45) is -0.465. The minimum atomic E-state index is -4.03. The number of ether oxygens (including phenoxy) is 1. The van der Waals surface area contributed by atoms with E-state index in [0.717, 1.165) is 0 Å². The zero-order chi connectivity index (χ0) is 13.0. The van der Waals surface area contributed by atoms with Crippen molar-refractivity contribution in [2.45, 2.75) is 45.0 Å². The van der Waals surface area contributed by atoms with Crippen molar-refractivity contribution in [2.24, 2.45) is 0 Å². The summed E-state index contributed by atoms with van der Waals surface area (Å²) in [5, 5.41) is 1.50. The Kier molecular flexibility index (Phi) is 5.21. The maximum absolute atomic E-state index is 11.1. The van der Waals surface area contributed by atoms with Gasteiger partial charge in [0.2, 0.25) is 0 Å². The highest BCUT2D eigenvalue weighted by molar-refractivity contribution is 7.86. The van der Waals surface area contributed by atoms with Gasteiger partial charge in [-0.3, -0.25) is 4.55 Å². The summed E-state index contributed by atoms with van der Waals surface area (Å²) in [5.74, 6) is 0. The predicted octanol–water partition coefficient (Wildman–Crippen LogP) is 1.18. The molecule has 0 heterocycles. The molecule has 96 valence electrons. The third-order valence-corrected chi connectivity index (χ3v) is 2.98. The van der Waals surface area contributed by atoms with E-state index >= 15 is 0 Å². The van der Waals surface area contributed by atoms with Crippen LogP contribution in [-0.2, 0) is 14.9 Å².